The summed E-state index contributed by atoms with van der Waals surface area (Å²) in [4.78, 5) is 45.0. The van der Waals surface area contributed by atoms with Gasteiger partial charge in [0.25, 0.3) is 0 Å². The number of ether oxygens (including phenoxy) is 2. The first-order chi connectivity index (χ1) is 11.2. The van der Waals surface area contributed by atoms with Gasteiger partial charge in [0.05, 0.1) is 0 Å². The van der Waals surface area contributed by atoms with Crippen molar-refractivity contribution in [1.82, 2.24) is 0 Å². The van der Waals surface area contributed by atoms with Crippen LogP contribution in [0, 0.1) is 0 Å². The first-order valence-electron chi connectivity index (χ1n) is 6.62. The van der Waals surface area contributed by atoms with Crippen molar-refractivity contribution in [2.45, 2.75) is 24.4 Å². The minimum atomic E-state index is -1.59. The molecule has 4 unspecified atom stereocenters. The van der Waals surface area contributed by atoms with E-state index in [1.165, 1.54) is 0 Å². The maximum atomic E-state index is 11.3. The second-order valence-corrected chi connectivity index (χ2v) is 5.26. The molecule has 0 spiro atoms. The number of rotatable bonds is 4. The van der Waals surface area contributed by atoms with Crippen LogP contribution in [0.15, 0.2) is 12.1 Å². The molecule has 0 amide bonds. The lowest BCUT2D eigenvalue weighted by molar-refractivity contribution is -0.163. The van der Waals surface area contributed by atoms with E-state index < -0.39 is 48.3 Å². The molecule has 2 aliphatic rings. The molecule has 24 heavy (non-hydrogen) atoms. The predicted molar refractivity (Wildman–Crippen MR) is 70.1 cm³/mol. The van der Waals surface area contributed by atoms with Gasteiger partial charge in [-0.05, 0) is 34.4 Å². The summed E-state index contributed by atoms with van der Waals surface area (Å²) in [6.07, 6.45) is -6.37. The van der Waals surface area contributed by atoms with Gasteiger partial charge < -0.3 is 29.9 Å². The molecular weight excluding hydrogens is 328 g/mol. The maximum Gasteiger partial charge on any atom is 0.337 e. The second kappa shape index (κ2) is 5.28. The molecule has 1 aromatic rings. The van der Waals surface area contributed by atoms with Crippen LogP contribution in [0.4, 0.5) is 0 Å². The number of hydrogen-bond acceptors (Lipinski definition) is 6. The van der Waals surface area contributed by atoms with Crippen LogP contribution in [-0.4, -0.2) is 44.3 Å². The standard InChI is InChI=1S/C14H10O10/c15-11(16)7-3-1-4-6(2-5(3)9(23-7)13(19)20)10(14(21)22)24-8(4)12(17)18/h1-2,7-10H,(H,15,16)(H,17,18)(H,19,20)(H,21,22). The van der Waals surface area contributed by atoms with Crippen LogP contribution in [0.1, 0.15) is 46.7 Å². The number of carboxylic acids is 4. The molecule has 3 rings (SSSR count). The summed E-state index contributed by atoms with van der Waals surface area (Å²) in [5.74, 6) is -5.78. The molecule has 0 aromatic heterocycles. The lowest BCUT2D eigenvalue weighted by atomic mass is 9.92. The molecule has 126 valence electrons. The topological polar surface area (TPSA) is 168 Å². The molecule has 4 atom stereocenters. The first-order valence-corrected chi connectivity index (χ1v) is 6.62. The molecule has 2 heterocycles. The Morgan fingerprint density at radius 3 is 0.958 bits per heavy atom. The van der Waals surface area contributed by atoms with E-state index in [0.29, 0.717) is 0 Å². The van der Waals surface area contributed by atoms with E-state index >= 15 is 0 Å². The predicted octanol–water partition coefficient (Wildman–Crippen LogP) is 0.250. The van der Waals surface area contributed by atoms with Crippen LogP contribution in [0.5, 0.6) is 0 Å². The Hall–Kier alpha value is -2.98. The molecule has 0 saturated heterocycles. The van der Waals surface area contributed by atoms with Crippen molar-refractivity contribution in [2.75, 3.05) is 0 Å². The van der Waals surface area contributed by atoms with Gasteiger partial charge in [-0.15, -0.1) is 0 Å². The number of hydrogen-bond donors (Lipinski definition) is 4. The Balaban J connectivity index is 2.21. The lowest BCUT2D eigenvalue weighted by Crippen LogP contribution is -2.15. The minimum Gasteiger partial charge on any atom is -0.479 e. The fourth-order valence-electron chi connectivity index (χ4n) is 2.91. The van der Waals surface area contributed by atoms with Gasteiger partial charge in [0, 0.05) is 0 Å². The molecule has 10 heteroatoms. The van der Waals surface area contributed by atoms with Gasteiger partial charge >= 0.3 is 23.9 Å². The van der Waals surface area contributed by atoms with Gasteiger partial charge in [-0.25, -0.2) is 19.2 Å². The fourth-order valence-corrected chi connectivity index (χ4v) is 2.91. The van der Waals surface area contributed by atoms with E-state index in [0.717, 1.165) is 12.1 Å². The zero-order valence-corrected chi connectivity index (χ0v) is 11.7. The van der Waals surface area contributed by atoms with Crippen LogP contribution in [0.2, 0.25) is 0 Å². The molecule has 0 aliphatic carbocycles. The normalized spacial score (nSPS) is 27.3. The Morgan fingerprint density at radius 2 is 0.792 bits per heavy atom. The summed E-state index contributed by atoms with van der Waals surface area (Å²) >= 11 is 0. The van der Waals surface area contributed by atoms with Gasteiger partial charge in [0.1, 0.15) is 0 Å². The van der Waals surface area contributed by atoms with Crippen LogP contribution >= 0.6 is 0 Å². The van der Waals surface area contributed by atoms with Crippen molar-refractivity contribution in [3.05, 3.63) is 34.4 Å². The molecule has 10 nitrogen and oxygen atoms in total. The van der Waals surface area contributed by atoms with Gasteiger partial charge in [-0.3, -0.25) is 0 Å². The van der Waals surface area contributed by atoms with Crippen molar-refractivity contribution in [3.8, 4) is 0 Å². The van der Waals surface area contributed by atoms with Gasteiger partial charge in [-0.1, -0.05) is 0 Å². The zero-order chi connectivity index (χ0) is 17.8. The smallest absolute Gasteiger partial charge is 0.337 e. The van der Waals surface area contributed by atoms with Crippen LogP contribution in [0.3, 0.4) is 0 Å². The number of carboxylic acid groups (broad SMARTS) is 4. The lowest BCUT2D eigenvalue weighted by Gasteiger charge is -2.09. The van der Waals surface area contributed by atoms with Gasteiger partial charge in [0.15, 0.2) is 24.4 Å². The molecule has 0 bridgehead atoms. The first kappa shape index (κ1) is 15.9. The zero-order valence-electron chi connectivity index (χ0n) is 11.7. The minimum absolute atomic E-state index is 0.0328. The largest absolute Gasteiger partial charge is 0.479 e. The van der Waals surface area contributed by atoms with Gasteiger partial charge in [0.2, 0.25) is 0 Å². The molecular formula is C14H10O10. The highest BCUT2D eigenvalue weighted by molar-refractivity contribution is 5.86. The number of carbonyl (C=O) groups is 4. The van der Waals surface area contributed by atoms with Crippen LogP contribution in [-0.2, 0) is 28.7 Å². The molecule has 4 N–H and O–H groups in total. The Kier molecular flexibility index (Phi) is 3.50. The number of benzene rings is 1. The summed E-state index contributed by atoms with van der Waals surface area (Å²) in [7, 11) is 0. The monoisotopic (exact) mass is 338 g/mol. The second-order valence-electron chi connectivity index (χ2n) is 5.26. The Morgan fingerprint density at radius 1 is 0.583 bits per heavy atom. The van der Waals surface area contributed by atoms with E-state index in [9.17, 15) is 19.2 Å². The number of fused-ring (bicyclic) bond motifs is 2. The third-order valence-corrected chi connectivity index (χ3v) is 3.86. The van der Waals surface area contributed by atoms with Crippen molar-refractivity contribution in [2.24, 2.45) is 0 Å². The highest BCUT2D eigenvalue weighted by atomic mass is 16.6. The summed E-state index contributed by atoms with van der Waals surface area (Å²) in [5, 5.41) is 36.7. The van der Waals surface area contributed by atoms with Crippen molar-refractivity contribution in [1.29, 1.82) is 0 Å². The maximum absolute atomic E-state index is 11.3. The number of aliphatic carboxylic acids is 4. The fraction of sp³-hybridized carbons (Fsp3) is 0.286. The van der Waals surface area contributed by atoms with E-state index in [2.05, 4.69) is 0 Å². The van der Waals surface area contributed by atoms with E-state index in [4.69, 9.17) is 29.9 Å². The third-order valence-electron chi connectivity index (χ3n) is 3.86. The van der Waals surface area contributed by atoms with E-state index in [1.807, 2.05) is 0 Å². The van der Waals surface area contributed by atoms with Crippen molar-refractivity contribution >= 4 is 23.9 Å². The summed E-state index contributed by atoms with van der Waals surface area (Å²) in [5.41, 5.74) is -0.131. The summed E-state index contributed by atoms with van der Waals surface area (Å²) in [6.45, 7) is 0. The molecule has 1 aromatic carbocycles. The van der Waals surface area contributed by atoms with Crippen LogP contribution < -0.4 is 0 Å². The van der Waals surface area contributed by atoms with E-state index in [-0.39, 0.29) is 22.3 Å². The van der Waals surface area contributed by atoms with Crippen molar-refractivity contribution < 1.29 is 49.1 Å². The Bertz CT molecular complexity index is 658. The molecule has 0 saturated carbocycles. The molecule has 0 radical (unpaired) electrons. The van der Waals surface area contributed by atoms with Crippen LogP contribution in [0.25, 0.3) is 0 Å². The van der Waals surface area contributed by atoms with E-state index in [1.54, 1.807) is 0 Å². The third kappa shape index (κ3) is 2.20. The Labute approximate surface area is 132 Å². The summed E-state index contributed by atoms with van der Waals surface area (Å²) in [6, 6.07) is 2.27. The summed E-state index contributed by atoms with van der Waals surface area (Å²) < 4.78 is 9.98. The molecule has 0 fully saturated rings. The van der Waals surface area contributed by atoms with Crippen molar-refractivity contribution in [3.63, 3.8) is 0 Å². The highest BCUT2D eigenvalue weighted by Crippen LogP contribution is 2.47. The SMILES string of the molecule is O=C(O)C1OC(C(=O)O)c2cc3c(cc21)C(C(=O)O)OC3C(=O)O. The molecule has 2 aliphatic heterocycles. The van der Waals surface area contributed by atoms with Gasteiger partial charge in [-0.2, -0.15) is 0 Å². The average Bonchev–Trinajstić information content (AvgIpc) is 3.02. The quantitative estimate of drug-likeness (QED) is 0.597. The average molecular weight is 338 g/mol. The highest BCUT2D eigenvalue weighted by Gasteiger charge is 2.46.